The van der Waals surface area contributed by atoms with Gasteiger partial charge in [0.05, 0.1) is 22.1 Å². The maximum Gasteiger partial charge on any atom is 0.164 e. The summed E-state index contributed by atoms with van der Waals surface area (Å²) in [7, 11) is 0. The Kier molecular flexibility index (Phi) is 6.73. The van der Waals surface area contributed by atoms with Crippen LogP contribution in [-0.4, -0.2) is 19.5 Å². The van der Waals surface area contributed by atoms with Crippen molar-refractivity contribution >= 4 is 32.6 Å². The van der Waals surface area contributed by atoms with Crippen molar-refractivity contribution in [2.75, 3.05) is 0 Å². The van der Waals surface area contributed by atoms with Crippen molar-refractivity contribution in [2.24, 2.45) is 0 Å². The van der Waals surface area contributed by atoms with E-state index in [0.29, 0.717) is 17.5 Å². The molecule has 1 aliphatic heterocycles. The van der Waals surface area contributed by atoms with E-state index in [-0.39, 0.29) is 0 Å². The molecular weight excluding hydrogens is 657 g/mol. The molecule has 1 aliphatic rings. The van der Waals surface area contributed by atoms with Gasteiger partial charge < -0.3 is 4.57 Å². The van der Waals surface area contributed by atoms with Crippen molar-refractivity contribution in [1.29, 1.82) is 0 Å². The van der Waals surface area contributed by atoms with E-state index >= 15 is 0 Å². The summed E-state index contributed by atoms with van der Waals surface area (Å²) in [5.41, 5.74) is 10.8. The number of para-hydroxylation sites is 3. The van der Waals surface area contributed by atoms with E-state index in [9.17, 15) is 0 Å². The minimum Gasteiger partial charge on any atom is -0.309 e. The molecule has 2 aromatic heterocycles. The van der Waals surface area contributed by atoms with Gasteiger partial charge >= 0.3 is 0 Å². The Bertz CT molecular complexity index is 2980. The molecule has 0 saturated carbocycles. The third-order valence-corrected chi connectivity index (χ3v) is 11.1. The molecule has 0 bridgehead atoms. The van der Waals surface area contributed by atoms with Crippen molar-refractivity contribution in [3.05, 3.63) is 216 Å². The van der Waals surface area contributed by atoms with Gasteiger partial charge in [0.2, 0.25) is 0 Å². The van der Waals surface area contributed by atoms with Gasteiger partial charge in [0.15, 0.2) is 17.5 Å². The van der Waals surface area contributed by atoms with Gasteiger partial charge in [-0.1, -0.05) is 176 Å². The fraction of sp³-hybridized carbons (Fsp3) is 0.0200. The Hall–Kier alpha value is -7.17. The highest BCUT2D eigenvalue weighted by atomic mass is 15.0. The molecule has 0 saturated heterocycles. The maximum atomic E-state index is 5.05. The molecule has 252 valence electrons. The van der Waals surface area contributed by atoms with Gasteiger partial charge in [-0.25, -0.2) is 15.0 Å². The van der Waals surface area contributed by atoms with Gasteiger partial charge in [-0.2, -0.15) is 0 Å². The largest absolute Gasteiger partial charge is 0.309 e. The molecule has 4 nitrogen and oxygen atoms in total. The molecular formula is C50H32N4. The Labute approximate surface area is 312 Å². The van der Waals surface area contributed by atoms with Gasteiger partial charge in [0.25, 0.3) is 0 Å². The number of fused-ring (bicyclic) bond motifs is 6. The predicted molar refractivity (Wildman–Crippen MR) is 220 cm³/mol. The number of nitrogens with zero attached hydrogens (tertiary/aromatic N) is 4. The molecule has 1 atom stereocenters. The van der Waals surface area contributed by atoms with E-state index < -0.39 is 5.41 Å². The van der Waals surface area contributed by atoms with Crippen LogP contribution in [0, 0.1) is 0 Å². The number of aromatic nitrogens is 4. The Balaban J connectivity index is 1.18. The number of hydrogen-bond donors (Lipinski definition) is 0. The lowest BCUT2D eigenvalue weighted by Gasteiger charge is -2.42. The first-order chi connectivity index (χ1) is 26.8. The fourth-order valence-electron chi connectivity index (χ4n) is 8.72. The summed E-state index contributed by atoms with van der Waals surface area (Å²) < 4.78 is 2.48. The number of benzene rings is 8. The molecule has 3 heterocycles. The summed E-state index contributed by atoms with van der Waals surface area (Å²) in [6, 6.07) is 69.4. The smallest absolute Gasteiger partial charge is 0.164 e. The van der Waals surface area contributed by atoms with Crippen LogP contribution in [-0.2, 0) is 5.41 Å². The van der Waals surface area contributed by atoms with E-state index in [0.717, 1.165) is 16.7 Å². The van der Waals surface area contributed by atoms with Gasteiger partial charge in [0.1, 0.15) is 0 Å². The zero-order chi connectivity index (χ0) is 35.6. The first-order valence-corrected chi connectivity index (χ1v) is 18.4. The van der Waals surface area contributed by atoms with Crippen LogP contribution >= 0.6 is 0 Å². The van der Waals surface area contributed by atoms with Crippen LogP contribution in [0.2, 0.25) is 0 Å². The lowest BCUT2D eigenvalue weighted by Crippen LogP contribution is -2.35. The Morgan fingerprint density at radius 2 is 0.907 bits per heavy atom. The van der Waals surface area contributed by atoms with E-state index in [1.54, 1.807) is 0 Å². The standard InChI is InChI=1S/C50H32N4/c1-3-15-34(16-4-1)47-51-48(35-17-5-2-6-18-35)53-49(52-47)36-27-29-38(30-28-36)50(39-31-26-33-14-7-8-19-37(33)32-39)42-22-10-12-25-45(42)54-44-24-11-9-20-40(44)41-21-13-23-43(50)46(41)54/h1-32H. The molecule has 10 aromatic rings. The zero-order valence-corrected chi connectivity index (χ0v) is 29.3. The molecule has 0 amide bonds. The minimum atomic E-state index is -0.619. The molecule has 8 aromatic carbocycles. The lowest BCUT2D eigenvalue weighted by atomic mass is 9.63. The van der Waals surface area contributed by atoms with E-state index in [4.69, 9.17) is 15.0 Å². The molecule has 0 N–H and O–H groups in total. The molecule has 0 spiro atoms. The maximum absolute atomic E-state index is 5.05. The SMILES string of the molecule is c1ccc(-c2nc(-c3ccccc3)nc(-c3ccc(C4(c5ccc6ccccc6c5)c5ccccc5-n5c6ccccc6c6cccc4c65)cc3)n2)cc1. The Morgan fingerprint density at radius 3 is 1.63 bits per heavy atom. The summed E-state index contributed by atoms with van der Waals surface area (Å²) >= 11 is 0. The predicted octanol–water partition coefficient (Wildman–Crippen LogP) is 11.8. The van der Waals surface area contributed by atoms with E-state index in [2.05, 4.69) is 138 Å². The second kappa shape index (κ2) is 11.9. The van der Waals surface area contributed by atoms with E-state index in [1.165, 1.54) is 60.5 Å². The zero-order valence-electron chi connectivity index (χ0n) is 29.3. The summed E-state index contributed by atoms with van der Waals surface area (Å²) in [5, 5.41) is 4.95. The van der Waals surface area contributed by atoms with Crippen molar-refractivity contribution in [3.63, 3.8) is 0 Å². The Morgan fingerprint density at radius 1 is 0.370 bits per heavy atom. The third-order valence-electron chi connectivity index (χ3n) is 11.1. The van der Waals surface area contributed by atoms with Crippen LogP contribution in [0.15, 0.2) is 194 Å². The van der Waals surface area contributed by atoms with Gasteiger partial charge in [-0.15, -0.1) is 0 Å². The second-order valence-electron chi connectivity index (χ2n) is 14.0. The molecule has 0 radical (unpaired) electrons. The summed E-state index contributed by atoms with van der Waals surface area (Å²) in [6.07, 6.45) is 0. The van der Waals surface area contributed by atoms with Gasteiger partial charge in [-0.05, 0) is 51.2 Å². The summed E-state index contributed by atoms with van der Waals surface area (Å²) in [6.45, 7) is 0. The number of rotatable bonds is 5. The monoisotopic (exact) mass is 688 g/mol. The topological polar surface area (TPSA) is 43.6 Å². The normalized spacial score (nSPS) is 14.7. The average molecular weight is 689 g/mol. The first kappa shape index (κ1) is 30.5. The summed E-state index contributed by atoms with van der Waals surface area (Å²) in [4.78, 5) is 15.0. The first-order valence-electron chi connectivity index (χ1n) is 18.4. The van der Waals surface area contributed by atoms with Crippen LogP contribution in [0.4, 0.5) is 0 Å². The molecule has 0 fully saturated rings. The molecule has 0 aliphatic carbocycles. The van der Waals surface area contributed by atoms with Crippen molar-refractivity contribution in [2.45, 2.75) is 5.41 Å². The number of hydrogen-bond acceptors (Lipinski definition) is 3. The van der Waals surface area contributed by atoms with Crippen LogP contribution < -0.4 is 0 Å². The molecule has 54 heavy (non-hydrogen) atoms. The van der Waals surface area contributed by atoms with Crippen LogP contribution in [0.1, 0.15) is 22.3 Å². The van der Waals surface area contributed by atoms with Crippen LogP contribution in [0.3, 0.4) is 0 Å². The van der Waals surface area contributed by atoms with Crippen LogP contribution in [0.5, 0.6) is 0 Å². The van der Waals surface area contributed by atoms with Crippen molar-refractivity contribution in [1.82, 2.24) is 19.5 Å². The highest BCUT2D eigenvalue weighted by Crippen LogP contribution is 2.54. The molecule has 1 unspecified atom stereocenters. The van der Waals surface area contributed by atoms with Crippen molar-refractivity contribution in [3.8, 4) is 39.9 Å². The highest BCUT2D eigenvalue weighted by Gasteiger charge is 2.45. The minimum absolute atomic E-state index is 0.619. The quantitative estimate of drug-likeness (QED) is 0.181. The highest BCUT2D eigenvalue weighted by molar-refractivity contribution is 6.12. The fourth-order valence-corrected chi connectivity index (χ4v) is 8.72. The average Bonchev–Trinajstić information content (AvgIpc) is 3.60. The van der Waals surface area contributed by atoms with Gasteiger partial charge in [-0.3, -0.25) is 0 Å². The second-order valence-corrected chi connectivity index (χ2v) is 14.0. The third kappa shape index (κ3) is 4.47. The van der Waals surface area contributed by atoms with Gasteiger partial charge in [0, 0.05) is 27.5 Å². The summed E-state index contributed by atoms with van der Waals surface area (Å²) in [5.74, 6) is 1.94. The van der Waals surface area contributed by atoms with Crippen molar-refractivity contribution < 1.29 is 0 Å². The van der Waals surface area contributed by atoms with Crippen LogP contribution in [0.25, 0.3) is 72.4 Å². The molecule has 11 rings (SSSR count). The molecule has 4 heteroatoms. The lowest BCUT2D eigenvalue weighted by molar-refractivity contribution is 0.729. The van der Waals surface area contributed by atoms with E-state index in [1.807, 2.05) is 60.7 Å².